The quantitative estimate of drug-likeness (QED) is 0.711. The van der Waals surface area contributed by atoms with Crippen molar-refractivity contribution in [2.45, 2.75) is 6.61 Å². The molecule has 6 heteroatoms. The van der Waals surface area contributed by atoms with Crippen molar-refractivity contribution in [3.05, 3.63) is 24.4 Å². The lowest BCUT2D eigenvalue weighted by molar-refractivity contribution is 0.181. The van der Waals surface area contributed by atoms with Crippen LogP contribution in [0.4, 0.5) is 0 Å². The molecule has 0 unspecified atom stereocenters. The first-order chi connectivity index (χ1) is 6.90. The van der Waals surface area contributed by atoms with Crippen LogP contribution in [0.15, 0.2) is 23.1 Å². The van der Waals surface area contributed by atoms with Crippen LogP contribution in [0.3, 0.4) is 0 Å². The van der Waals surface area contributed by atoms with E-state index in [0.717, 1.165) is 5.69 Å². The molecule has 0 bridgehead atoms. The molecule has 0 aliphatic carbocycles. The third kappa shape index (κ3) is 1.74. The summed E-state index contributed by atoms with van der Waals surface area (Å²) in [5.74, 6) is 0.722. The fourth-order valence-electron chi connectivity index (χ4n) is 0.998. The van der Waals surface area contributed by atoms with Crippen LogP contribution >= 0.6 is 0 Å². The minimum atomic E-state index is 0.308. The van der Waals surface area contributed by atoms with Gasteiger partial charge in [-0.05, 0) is 6.07 Å². The van der Waals surface area contributed by atoms with Crippen molar-refractivity contribution in [2.24, 2.45) is 0 Å². The standard InChI is InChI=1S/C8H8N4O2/c1-13-4-6-2-3-9-7(11-6)8-12-10-5-14-8/h2-3,5H,4H2,1H3. The second-order valence-electron chi connectivity index (χ2n) is 2.55. The third-order valence-electron chi connectivity index (χ3n) is 1.56. The molecule has 0 radical (unpaired) electrons. The first-order valence-corrected chi connectivity index (χ1v) is 3.97. The van der Waals surface area contributed by atoms with Crippen molar-refractivity contribution in [3.63, 3.8) is 0 Å². The smallest absolute Gasteiger partial charge is 0.285 e. The van der Waals surface area contributed by atoms with E-state index in [1.54, 1.807) is 19.4 Å². The second-order valence-corrected chi connectivity index (χ2v) is 2.55. The molecule has 2 aromatic heterocycles. The van der Waals surface area contributed by atoms with Crippen molar-refractivity contribution in [3.8, 4) is 11.7 Å². The maximum absolute atomic E-state index is 4.96. The highest BCUT2D eigenvalue weighted by atomic mass is 16.5. The first kappa shape index (κ1) is 8.76. The predicted octanol–water partition coefficient (Wildman–Crippen LogP) is 0.673. The van der Waals surface area contributed by atoms with Gasteiger partial charge in [0.05, 0.1) is 12.3 Å². The van der Waals surface area contributed by atoms with Crippen molar-refractivity contribution in [2.75, 3.05) is 7.11 Å². The van der Waals surface area contributed by atoms with E-state index in [2.05, 4.69) is 20.2 Å². The van der Waals surface area contributed by atoms with Crippen molar-refractivity contribution in [1.82, 2.24) is 20.2 Å². The Morgan fingerprint density at radius 3 is 3.14 bits per heavy atom. The first-order valence-electron chi connectivity index (χ1n) is 3.97. The summed E-state index contributed by atoms with van der Waals surface area (Å²) in [6.45, 7) is 0.434. The van der Waals surface area contributed by atoms with Crippen LogP contribution in [-0.4, -0.2) is 27.3 Å². The van der Waals surface area contributed by atoms with E-state index in [4.69, 9.17) is 9.15 Å². The van der Waals surface area contributed by atoms with Crippen LogP contribution in [0.5, 0.6) is 0 Å². The van der Waals surface area contributed by atoms with Crippen molar-refractivity contribution >= 4 is 0 Å². The lowest BCUT2D eigenvalue weighted by Crippen LogP contribution is -1.96. The summed E-state index contributed by atoms with van der Waals surface area (Å²) >= 11 is 0. The van der Waals surface area contributed by atoms with Crippen LogP contribution < -0.4 is 0 Å². The van der Waals surface area contributed by atoms with Crippen LogP contribution in [0, 0.1) is 0 Å². The van der Waals surface area contributed by atoms with Gasteiger partial charge in [0.2, 0.25) is 12.2 Å². The monoisotopic (exact) mass is 192 g/mol. The molecule has 0 N–H and O–H groups in total. The lowest BCUT2D eigenvalue weighted by Gasteiger charge is -1.98. The molecule has 2 heterocycles. The van der Waals surface area contributed by atoms with Crippen LogP contribution in [0.25, 0.3) is 11.7 Å². The Balaban J connectivity index is 2.31. The fourth-order valence-corrected chi connectivity index (χ4v) is 0.998. The summed E-state index contributed by atoms with van der Waals surface area (Å²) < 4.78 is 9.91. The minimum Gasteiger partial charge on any atom is -0.421 e. The molecular weight excluding hydrogens is 184 g/mol. The van der Waals surface area contributed by atoms with Gasteiger partial charge in [-0.25, -0.2) is 9.97 Å². The topological polar surface area (TPSA) is 73.9 Å². The second kappa shape index (κ2) is 3.93. The van der Waals surface area contributed by atoms with Gasteiger partial charge in [0.25, 0.3) is 5.89 Å². The van der Waals surface area contributed by atoms with E-state index >= 15 is 0 Å². The molecule has 0 atom stereocenters. The number of hydrogen-bond acceptors (Lipinski definition) is 6. The normalized spacial score (nSPS) is 10.4. The number of rotatable bonds is 3. The van der Waals surface area contributed by atoms with E-state index in [0.29, 0.717) is 18.3 Å². The number of methoxy groups -OCH3 is 1. The molecule has 0 aliphatic heterocycles. The maximum Gasteiger partial charge on any atom is 0.285 e. The highest BCUT2D eigenvalue weighted by molar-refractivity contribution is 5.38. The van der Waals surface area contributed by atoms with Gasteiger partial charge >= 0.3 is 0 Å². The van der Waals surface area contributed by atoms with Gasteiger partial charge in [-0.1, -0.05) is 0 Å². The van der Waals surface area contributed by atoms with Crippen LogP contribution in [0.2, 0.25) is 0 Å². The van der Waals surface area contributed by atoms with Crippen molar-refractivity contribution < 1.29 is 9.15 Å². The summed E-state index contributed by atoms with van der Waals surface area (Å²) in [6.07, 6.45) is 2.86. The molecule has 0 aromatic carbocycles. The predicted molar refractivity (Wildman–Crippen MR) is 46.0 cm³/mol. The van der Waals surface area contributed by atoms with Crippen LogP contribution in [-0.2, 0) is 11.3 Å². The highest BCUT2D eigenvalue weighted by Crippen LogP contribution is 2.10. The average Bonchev–Trinajstić information content (AvgIpc) is 2.71. The molecular formula is C8H8N4O2. The van der Waals surface area contributed by atoms with E-state index in [-0.39, 0.29) is 0 Å². The SMILES string of the molecule is COCc1ccnc(-c2nnco2)n1. The number of nitrogens with zero attached hydrogens (tertiary/aromatic N) is 4. The molecule has 14 heavy (non-hydrogen) atoms. The number of hydrogen-bond donors (Lipinski definition) is 0. The zero-order valence-corrected chi connectivity index (χ0v) is 7.54. The average molecular weight is 192 g/mol. The molecule has 72 valence electrons. The Kier molecular flexibility index (Phi) is 2.46. The van der Waals surface area contributed by atoms with E-state index in [1.165, 1.54) is 6.39 Å². The molecule has 2 aromatic rings. The molecule has 0 aliphatic rings. The third-order valence-corrected chi connectivity index (χ3v) is 1.56. The summed E-state index contributed by atoms with van der Waals surface area (Å²) in [6, 6.07) is 1.77. The molecule has 2 rings (SSSR count). The van der Waals surface area contributed by atoms with Gasteiger partial charge in [0.1, 0.15) is 0 Å². The Hall–Kier alpha value is -1.82. The Morgan fingerprint density at radius 2 is 2.43 bits per heavy atom. The van der Waals surface area contributed by atoms with Crippen LogP contribution in [0.1, 0.15) is 5.69 Å². The largest absolute Gasteiger partial charge is 0.421 e. The molecule has 0 saturated carbocycles. The summed E-state index contributed by atoms with van der Waals surface area (Å²) in [4.78, 5) is 8.17. The summed E-state index contributed by atoms with van der Waals surface area (Å²) in [5.41, 5.74) is 0.774. The van der Waals surface area contributed by atoms with Gasteiger partial charge in [-0.3, -0.25) is 0 Å². The summed E-state index contributed by atoms with van der Waals surface area (Å²) in [5, 5.41) is 7.25. The Labute approximate surface area is 80.0 Å². The van der Waals surface area contributed by atoms with Gasteiger partial charge in [0, 0.05) is 13.3 Å². The van der Waals surface area contributed by atoms with Gasteiger partial charge in [0.15, 0.2) is 0 Å². The van der Waals surface area contributed by atoms with Gasteiger partial charge in [-0.15, -0.1) is 10.2 Å². The number of aromatic nitrogens is 4. The fraction of sp³-hybridized carbons (Fsp3) is 0.250. The molecule has 6 nitrogen and oxygen atoms in total. The highest BCUT2D eigenvalue weighted by Gasteiger charge is 2.07. The lowest BCUT2D eigenvalue weighted by atomic mass is 10.4. The number of ether oxygens (including phenoxy) is 1. The van der Waals surface area contributed by atoms with E-state index in [9.17, 15) is 0 Å². The van der Waals surface area contributed by atoms with Gasteiger partial charge in [-0.2, -0.15) is 0 Å². The molecule has 0 fully saturated rings. The minimum absolute atomic E-state index is 0.308. The van der Waals surface area contributed by atoms with E-state index in [1.807, 2.05) is 0 Å². The molecule has 0 saturated heterocycles. The zero-order valence-electron chi connectivity index (χ0n) is 7.54. The zero-order chi connectivity index (χ0) is 9.80. The Bertz CT molecular complexity index is 401. The molecule has 0 spiro atoms. The van der Waals surface area contributed by atoms with Crippen molar-refractivity contribution in [1.29, 1.82) is 0 Å². The maximum atomic E-state index is 4.96. The van der Waals surface area contributed by atoms with E-state index < -0.39 is 0 Å². The van der Waals surface area contributed by atoms with Gasteiger partial charge < -0.3 is 9.15 Å². The summed E-state index contributed by atoms with van der Waals surface area (Å²) in [7, 11) is 1.61. The Morgan fingerprint density at radius 1 is 1.50 bits per heavy atom. The molecule has 0 amide bonds.